The monoisotopic (exact) mass is 407 g/mol. The Morgan fingerprint density at radius 1 is 1.03 bits per heavy atom. The summed E-state index contributed by atoms with van der Waals surface area (Å²) in [5.74, 6) is -0.405. The molecule has 1 heterocycles. The molecule has 3 rings (SSSR count). The minimum Gasteiger partial charge on any atom is -0.462 e. The van der Waals surface area contributed by atoms with Crippen molar-refractivity contribution < 1.29 is 14.3 Å². The Morgan fingerprint density at radius 2 is 1.69 bits per heavy atom. The molecular formula is C24H25NO3S. The molecule has 0 aliphatic rings. The lowest BCUT2D eigenvalue weighted by atomic mass is 9.99. The maximum Gasteiger partial charge on any atom is 0.341 e. The predicted molar refractivity (Wildman–Crippen MR) is 118 cm³/mol. The van der Waals surface area contributed by atoms with Crippen molar-refractivity contribution in [3.63, 3.8) is 0 Å². The third kappa shape index (κ3) is 5.55. The highest BCUT2D eigenvalue weighted by Gasteiger charge is 2.22. The summed E-state index contributed by atoms with van der Waals surface area (Å²) in [7, 11) is 0. The van der Waals surface area contributed by atoms with Gasteiger partial charge in [-0.3, -0.25) is 4.79 Å². The number of esters is 1. The first-order valence-corrected chi connectivity index (χ1v) is 10.6. The molecule has 150 valence electrons. The Kier molecular flexibility index (Phi) is 7.19. The molecule has 1 N–H and O–H groups in total. The summed E-state index contributed by atoms with van der Waals surface area (Å²) in [4.78, 5) is 26.0. The van der Waals surface area contributed by atoms with Crippen molar-refractivity contribution in [2.75, 3.05) is 11.9 Å². The van der Waals surface area contributed by atoms with E-state index in [1.807, 2.05) is 54.6 Å². The van der Waals surface area contributed by atoms with Gasteiger partial charge in [0.25, 0.3) is 0 Å². The number of carbonyl (C=O) groups excluding carboxylic acids is 2. The number of hydrogen-bond acceptors (Lipinski definition) is 4. The van der Waals surface area contributed by atoms with Crippen LogP contribution in [-0.2, 0) is 16.0 Å². The zero-order chi connectivity index (χ0) is 20.6. The third-order valence-electron chi connectivity index (χ3n) is 4.71. The van der Waals surface area contributed by atoms with Gasteiger partial charge in [0.05, 0.1) is 12.2 Å². The molecule has 0 spiro atoms. The van der Waals surface area contributed by atoms with Gasteiger partial charge in [0.15, 0.2) is 0 Å². The number of rotatable bonds is 8. The molecule has 4 nitrogen and oxygen atoms in total. The Morgan fingerprint density at radius 3 is 2.34 bits per heavy atom. The lowest BCUT2D eigenvalue weighted by Gasteiger charge is -2.09. The molecule has 0 saturated heterocycles. The Hall–Kier alpha value is -2.92. The molecule has 29 heavy (non-hydrogen) atoms. The summed E-state index contributed by atoms with van der Waals surface area (Å²) in [6.45, 7) is 4.16. The molecule has 3 aromatic rings. The second-order valence-corrected chi connectivity index (χ2v) is 7.86. The van der Waals surface area contributed by atoms with Crippen LogP contribution in [-0.4, -0.2) is 18.5 Å². The number of hydrogen-bond donors (Lipinski definition) is 1. The number of aryl methyl sites for hydroxylation is 1. The number of nitrogens with one attached hydrogen (secondary N) is 1. The number of thiophene rings is 1. The van der Waals surface area contributed by atoms with Gasteiger partial charge in [0, 0.05) is 17.2 Å². The largest absolute Gasteiger partial charge is 0.462 e. The quantitative estimate of drug-likeness (QED) is 0.491. The van der Waals surface area contributed by atoms with Crippen LogP contribution in [0.25, 0.3) is 0 Å². The van der Waals surface area contributed by atoms with Gasteiger partial charge in [-0.15, -0.1) is 11.3 Å². The Balaban J connectivity index is 1.77. The van der Waals surface area contributed by atoms with Crippen LogP contribution in [0.15, 0.2) is 66.7 Å². The number of amides is 1. The van der Waals surface area contributed by atoms with Crippen molar-refractivity contribution in [3.8, 4) is 0 Å². The van der Waals surface area contributed by atoms with E-state index in [9.17, 15) is 9.59 Å². The molecule has 1 aromatic heterocycles. The van der Waals surface area contributed by atoms with Gasteiger partial charge in [0.1, 0.15) is 5.00 Å². The fraction of sp³-hybridized carbons (Fsp3) is 0.250. The van der Waals surface area contributed by atoms with Crippen molar-refractivity contribution >= 4 is 28.2 Å². The Bertz CT molecular complexity index is 951. The summed E-state index contributed by atoms with van der Waals surface area (Å²) >= 11 is 1.43. The topological polar surface area (TPSA) is 55.4 Å². The molecule has 0 saturated carbocycles. The molecule has 5 heteroatoms. The van der Waals surface area contributed by atoms with E-state index in [1.165, 1.54) is 11.3 Å². The van der Waals surface area contributed by atoms with Crippen molar-refractivity contribution in [2.24, 2.45) is 0 Å². The van der Waals surface area contributed by atoms with E-state index in [0.717, 1.165) is 16.0 Å². The van der Waals surface area contributed by atoms with Crippen LogP contribution in [0, 0.1) is 0 Å². The van der Waals surface area contributed by atoms with Crippen molar-refractivity contribution in [1.82, 2.24) is 0 Å². The average molecular weight is 408 g/mol. The molecule has 0 radical (unpaired) electrons. The smallest absolute Gasteiger partial charge is 0.341 e. The first kappa shape index (κ1) is 20.8. The fourth-order valence-electron chi connectivity index (χ4n) is 3.07. The normalized spacial score (nSPS) is 11.7. The molecule has 0 fully saturated rings. The van der Waals surface area contributed by atoms with Crippen LogP contribution < -0.4 is 5.32 Å². The van der Waals surface area contributed by atoms with E-state index in [4.69, 9.17) is 4.74 Å². The molecule has 2 aromatic carbocycles. The predicted octanol–water partition coefficient (Wildman–Crippen LogP) is 5.65. The summed E-state index contributed by atoms with van der Waals surface area (Å²) in [6, 6.07) is 21.8. The van der Waals surface area contributed by atoms with Crippen molar-refractivity contribution in [3.05, 3.63) is 88.3 Å². The first-order chi connectivity index (χ1) is 14.1. The van der Waals surface area contributed by atoms with Gasteiger partial charge in [-0.1, -0.05) is 67.6 Å². The number of ether oxygens (including phenoxy) is 1. The lowest BCUT2D eigenvalue weighted by molar-refractivity contribution is -0.116. The van der Waals surface area contributed by atoms with Crippen molar-refractivity contribution in [1.29, 1.82) is 0 Å². The van der Waals surface area contributed by atoms with Gasteiger partial charge in [0.2, 0.25) is 5.91 Å². The zero-order valence-electron chi connectivity index (χ0n) is 16.7. The Labute approximate surface area is 175 Å². The maximum absolute atomic E-state index is 12.5. The van der Waals surface area contributed by atoms with E-state index < -0.39 is 5.97 Å². The average Bonchev–Trinajstić information content (AvgIpc) is 3.17. The highest BCUT2D eigenvalue weighted by molar-refractivity contribution is 7.16. The van der Waals surface area contributed by atoms with Crippen LogP contribution in [0.4, 0.5) is 5.00 Å². The van der Waals surface area contributed by atoms with E-state index >= 15 is 0 Å². The maximum atomic E-state index is 12.5. The summed E-state index contributed by atoms with van der Waals surface area (Å²) in [5.41, 5.74) is 2.69. The molecule has 1 amide bonds. The van der Waals surface area contributed by atoms with E-state index in [1.54, 1.807) is 6.92 Å². The van der Waals surface area contributed by atoms with Crippen LogP contribution >= 0.6 is 11.3 Å². The van der Waals surface area contributed by atoms with Crippen LogP contribution in [0.2, 0.25) is 0 Å². The molecule has 0 unspecified atom stereocenters. The highest BCUT2D eigenvalue weighted by Crippen LogP contribution is 2.36. The second-order valence-electron chi connectivity index (χ2n) is 6.78. The minimum atomic E-state index is -0.409. The lowest BCUT2D eigenvalue weighted by Crippen LogP contribution is -2.14. The van der Waals surface area contributed by atoms with Gasteiger partial charge in [-0.05, 0) is 30.5 Å². The van der Waals surface area contributed by atoms with Gasteiger partial charge >= 0.3 is 5.97 Å². The molecular weight excluding hydrogens is 382 g/mol. The highest BCUT2D eigenvalue weighted by atomic mass is 32.1. The number of carbonyl (C=O) groups is 2. The first-order valence-electron chi connectivity index (χ1n) is 9.78. The van der Waals surface area contributed by atoms with Gasteiger partial charge in [-0.2, -0.15) is 0 Å². The van der Waals surface area contributed by atoms with E-state index in [0.29, 0.717) is 30.0 Å². The van der Waals surface area contributed by atoms with Gasteiger partial charge < -0.3 is 10.1 Å². The second kappa shape index (κ2) is 10.0. The third-order valence-corrected chi connectivity index (χ3v) is 5.94. The van der Waals surface area contributed by atoms with Crippen molar-refractivity contribution in [2.45, 2.75) is 32.6 Å². The van der Waals surface area contributed by atoms with E-state index in [2.05, 4.69) is 24.4 Å². The SMILES string of the molecule is CCOC(=O)c1cc([C@H](C)c2ccccc2)sc1NC(=O)CCc1ccccc1. The van der Waals surface area contributed by atoms with Gasteiger partial charge in [-0.25, -0.2) is 4.79 Å². The fourth-order valence-corrected chi connectivity index (χ4v) is 4.22. The summed E-state index contributed by atoms with van der Waals surface area (Å²) < 4.78 is 5.19. The van der Waals surface area contributed by atoms with Crippen LogP contribution in [0.5, 0.6) is 0 Å². The summed E-state index contributed by atoms with van der Waals surface area (Å²) in [5, 5.41) is 3.48. The molecule has 0 aliphatic carbocycles. The molecule has 0 aliphatic heterocycles. The molecule has 0 bridgehead atoms. The number of anilines is 1. The number of benzene rings is 2. The molecule has 1 atom stereocenters. The minimum absolute atomic E-state index is 0.111. The van der Waals surface area contributed by atoms with E-state index in [-0.39, 0.29) is 11.8 Å². The summed E-state index contributed by atoms with van der Waals surface area (Å²) in [6.07, 6.45) is 1.01. The van der Waals surface area contributed by atoms with Crippen LogP contribution in [0.1, 0.15) is 52.5 Å². The zero-order valence-corrected chi connectivity index (χ0v) is 17.5. The van der Waals surface area contributed by atoms with Crippen LogP contribution in [0.3, 0.4) is 0 Å². The standard InChI is InChI=1S/C24H25NO3S/c1-3-28-24(27)20-16-21(17(2)19-12-8-5-9-13-19)29-23(20)25-22(26)15-14-18-10-6-4-7-11-18/h4-13,16-17H,3,14-15H2,1-2H3,(H,25,26)/t17-/m1/s1.